The maximum Gasteiger partial charge on any atom is 0.0230 e. The van der Waals surface area contributed by atoms with Gasteiger partial charge in [0.15, 0.2) is 0 Å². The van der Waals surface area contributed by atoms with Gasteiger partial charge in [-0.1, -0.05) is 37.1 Å². The average Bonchev–Trinajstić information content (AvgIpc) is 2.82. The van der Waals surface area contributed by atoms with Crippen LogP contribution in [0.4, 0.5) is 0 Å². The highest BCUT2D eigenvalue weighted by molar-refractivity contribution is 5.22. The molecule has 0 aromatic heterocycles. The number of hydrogen-bond donors (Lipinski definition) is 1. The van der Waals surface area contributed by atoms with E-state index in [1.165, 1.54) is 43.4 Å². The fourth-order valence-corrected chi connectivity index (χ4v) is 2.79. The lowest BCUT2D eigenvalue weighted by Crippen LogP contribution is -2.24. The summed E-state index contributed by atoms with van der Waals surface area (Å²) < 4.78 is 0. The minimum Gasteiger partial charge on any atom is -0.326 e. The maximum absolute atomic E-state index is 5.60. The van der Waals surface area contributed by atoms with Crippen molar-refractivity contribution in [1.29, 1.82) is 0 Å². The zero-order chi connectivity index (χ0) is 12.1. The second-order valence-corrected chi connectivity index (χ2v) is 5.37. The molecule has 1 aliphatic carbocycles. The molecule has 0 amide bonds. The van der Waals surface area contributed by atoms with E-state index in [2.05, 4.69) is 36.2 Å². The van der Waals surface area contributed by atoms with Gasteiger partial charge < -0.3 is 10.6 Å². The number of hydrogen-bond acceptors (Lipinski definition) is 2. The lowest BCUT2D eigenvalue weighted by atomic mass is 10.1. The Bertz CT molecular complexity index is 325. The molecule has 0 spiro atoms. The predicted molar refractivity (Wildman–Crippen MR) is 72.6 cm³/mol. The summed E-state index contributed by atoms with van der Waals surface area (Å²) in [6.45, 7) is 2.94. The van der Waals surface area contributed by atoms with E-state index in [9.17, 15) is 0 Å². The Morgan fingerprint density at radius 3 is 2.29 bits per heavy atom. The fraction of sp³-hybridized carbons (Fsp3) is 0.600. The SMILES string of the molecule is CN(Cc1ccc(CN)cc1)CC1CCCC1. The third-order valence-electron chi connectivity index (χ3n) is 3.76. The van der Waals surface area contributed by atoms with E-state index in [1.807, 2.05) is 0 Å². The van der Waals surface area contributed by atoms with Gasteiger partial charge in [-0.05, 0) is 36.9 Å². The second-order valence-electron chi connectivity index (χ2n) is 5.37. The van der Waals surface area contributed by atoms with Gasteiger partial charge in [0.05, 0.1) is 0 Å². The van der Waals surface area contributed by atoms with Gasteiger partial charge in [0, 0.05) is 19.6 Å². The van der Waals surface area contributed by atoms with Crippen molar-refractivity contribution in [2.45, 2.75) is 38.8 Å². The molecular formula is C15H24N2. The summed E-state index contributed by atoms with van der Waals surface area (Å²) >= 11 is 0. The highest BCUT2D eigenvalue weighted by Gasteiger charge is 2.16. The zero-order valence-electron chi connectivity index (χ0n) is 10.9. The van der Waals surface area contributed by atoms with Gasteiger partial charge in [-0.3, -0.25) is 0 Å². The molecule has 0 saturated heterocycles. The smallest absolute Gasteiger partial charge is 0.0230 e. The Hall–Kier alpha value is -0.860. The average molecular weight is 232 g/mol. The van der Waals surface area contributed by atoms with Crippen LogP contribution in [0.3, 0.4) is 0 Å². The molecule has 2 rings (SSSR count). The van der Waals surface area contributed by atoms with Gasteiger partial charge in [0.1, 0.15) is 0 Å². The van der Waals surface area contributed by atoms with Crippen molar-refractivity contribution >= 4 is 0 Å². The van der Waals surface area contributed by atoms with Crippen LogP contribution >= 0.6 is 0 Å². The van der Waals surface area contributed by atoms with Crippen LogP contribution in [0.2, 0.25) is 0 Å². The molecule has 0 radical (unpaired) electrons. The van der Waals surface area contributed by atoms with Gasteiger partial charge in [0.2, 0.25) is 0 Å². The summed E-state index contributed by atoms with van der Waals surface area (Å²) in [5.41, 5.74) is 8.21. The van der Waals surface area contributed by atoms with Crippen LogP contribution < -0.4 is 5.73 Å². The van der Waals surface area contributed by atoms with Crippen LogP contribution in [0.15, 0.2) is 24.3 Å². The first-order valence-corrected chi connectivity index (χ1v) is 6.74. The third-order valence-corrected chi connectivity index (χ3v) is 3.76. The number of nitrogens with zero attached hydrogens (tertiary/aromatic N) is 1. The molecule has 94 valence electrons. The number of benzene rings is 1. The molecule has 2 N–H and O–H groups in total. The molecule has 1 aliphatic rings. The topological polar surface area (TPSA) is 29.3 Å². The normalized spacial score (nSPS) is 16.9. The maximum atomic E-state index is 5.60. The highest BCUT2D eigenvalue weighted by Crippen LogP contribution is 2.25. The Labute approximate surface area is 105 Å². The molecule has 0 unspecified atom stereocenters. The Kier molecular flexibility index (Phi) is 4.57. The highest BCUT2D eigenvalue weighted by atomic mass is 15.1. The summed E-state index contributed by atoms with van der Waals surface area (Å²) in [5, 5.41) is 0. The minimum absolute atomic E-state index is 0.637. The summed E-state index contributed by atoms with van der Waals surface area (Å²) in [6.07, 6.45) is 5.72. The first kappa shape index (κ1) is 12.6. The van der Waals surface area contributed by atoms with Crippen LogP contribution in [0.25, 0.3) is 0 Å². The lowest BCUT2D eigenvalue weighted by Gasteiger charge is -2.20. The van der Waals surface area contributed by atoms with Gasteiger partial charge in [0.25, 0.3) is 0 Å². The lowest BCUT2D eigenvalue weighted by molar-refractivity contribution is 0.271. The van der Waals surface area contributed by atoms with Crippen molar-refractivity contribution in [1.82, 2.24) is 4.90 Å². The molecule has 1 aromatic rings. The van der Waals surface area contributed by atoms with Crippen LogP contribution in [0, 0.1) is 5.92 Å². The summed E-state index contributed by atoms with van der Waals surface area (Å²) in [5.74, 6) is 0.934. The van der Waals surface area contributed by atoms with Gasteiger partial charge in [-0.25, -0.2) is 0 Å². The van der Waals surface area contributed by atoms with E-state index in [1.54, 1.807) is 0 Å². The molecule has 0 aliphatic heterocycles. The van der Waals surface area contributed by atoms with Crippen molar-refractivity contribution in [2.24, 2.45) is 11.7 Å². The Morgan fingerprint density at radius 1 is 1.12 bits per heavy atom. The van der Waals surface area contributed by atoms with Crippen molar-refractivity contribution in [3.63, 3.8) is 0 Å². The van der Waals surface area contributed by atoms with Crippen LogP contribution in [-0.2, 0) is 13.1 Å². The molecular weight excluding hydrogens is 208 g/mol. The Balaban J connectivity index is 1.81. The molecule has 0 atom stereocenters. The largest absolute Gasteiger partial charge is 0.326 e. The number of nitrogens with two attached hydrogens (primary N) is 1. The molecule has 2 heteroatoms. The summed E-state index contributed by atoms with van der Waals surface area (Å²) in [6, 6.07) is 8.68. The Morgan fingerprint density at radius 2 is 1.71 bits per heavy atom. The van der Waals surface area contributed by atoms with E-state index >= 15 is 0 Å². The first-order valence-electron chi connectivity index (χ1n) is 6.74. The number of rotatable bonds is 5. The molecule has 1 aromatic carbocycles. The summed E-state index contributed by atoms with van der Waals surface area (Å²) in [7, 11) is 2.23. The monoisotopic (exact) mass is 232 g/mol. The first-order chi connectivity index (χ1) is 8.28. The van der Waals surface area contributed by atoms with Crippen molar-refractivity contribution in [2.75, 3.05) is 13.6 Å². The second kappa shape index (κ2) is 6.18. The van der Waals surface area contributed by atoms with Crippen LogP contribution in [0.1, 0.15) is 36.8 Å². The molecule has 0 heterocycles. The van der Waals surface area contributed by atoms with Crippen molar-refractivity contribution in [3.05, 3.63) is 35.4 Å². The predicted octanol–water partition coefficient (Wildman–Crippen LogP) is 2.77. The molecule has 1 fully saturated rings. The minimum atomic E-state index is 0.637. The van der Waals surface area contributed by atoms with E-state index in [0.717, 1.165) is 12.5 Å². The van der Waals surface area contributed by atoms with Crippen molar-refractivity contribution in [3.8, 4) is 0 Å². The quantitative estimate of drug-likeness (QED) is 0.846. The fourth-order valence-electron chi connectivity index (χ4n) is 2.79. The van der Waals surface area contributed by atoms with Gasteiger partial charge >= 0.3 is 0 Å². The molecule has 2 nitrogen and oxygen atoms in total. The van der Waals surface area contributed by atoms with Gasteiger partial charge in [-0.15, -0.1) is 0 Å². The van der Waals surface area contributed by atoms with E-state index < -0.39 is 0 Å². The standard InChI is InChI=1S/C15H24N2/c1-17(11-14-4-2-3-5-14)12-15-8-6-13(10-16)7-9-15/h6-9,14H,2-5,10-12,16H2,1H3. The van der Waals surface area contributed by atoms with E-state index in [-0.39, 0.29) is 0 Å². The van der Waals surface area contributed by atoms with Gasteiger partial charge in [-0.2, -0.15) is 0 Å². The summed E-state index contributed by atoms with van der Waals surface area (Å²) in [4.78, 5) is 2.45. The molecule has 1 saturated carbocycles. The molecule has 17 heavy (non-hydrogen) atoms. The molecule has 0 bridgehead atoms. The van der Waals surface area contributed by atoms with Crippen molar-refractivity contribution < 1.29 is 0 Å². The van der Waals surface area contributed by atoms with Crippen LogP contribution in [-0.4, -0.2) is 18.5 Å². The third kappa shape index (κ3) is 3.83. The van der Waals surface area contributed by atoms with E-state index in [4.69, 9.17) is 5.73 Å². The van der Waals surface area contributed by atoms with Crippen LogP contribution in [0.5, 0.6) is 0 Å². The zero-order valence-corrected chi connectivity index (χ0v) is 10.9. The van der Waals surface area contributed by atoms with E-state index in [0.29, 0.717) is 6.54 Å².